The van der Waals surface area contributed by atoms with Crippen LogP contribution in [-0.4, -0.2) is 29.4 Å². The number of hydrogen-bond donors (Lipinski definition) is 3. The van der Waals surface area contributed by atoms with Gasteiger partial charge in [-0.05, 0) is 16.5 Å². The number of rotatable bonds is 7. The molecule has 27 heavy (non-hydrogen) atoms. The van der Waals surface area contributed by atoms with E-state index in [1.54, 1.807) is 20.8 Å². The van der Waals surface area contributed by atoms with Crippen molar-refractivity contribution in [1.82, 2.24) is 10.6 Å². The third kappa shape index (κ3) is 7.81. The van der Waals surface area contributed by atoms with E-state index in [4.69, 9.17) is 0 Å². The number of carbonyl (C=O) groups is 3. The van der Waals surface area contributed by atoms with Crippen molar-refractivity contribution in [2.45, 2.75) is 65.8 Å². The van der Waals surface area contributed by atoms with Crippen LogP contribution in [0, 0.1) is 5.41 Å². The van der Waals surface area contributed by atoms with Gasteiger partial charge in [0.15, 0.2) is 0 Å². The zero-order valence-electron chi connectivity index (χ0n) is 17.2. The minimum absolute atomic E-state index is 0.00463. The molecule has 0 bridgehead atoms. The number of aliphatic carboxylic acids is 1. The second-order valence-electron chi connectivity index (χ2n) is 8.85. The minimum Gasteiger partial charge on any atom is -0.481 e. The van der Waals surface area contributed by atoms with E-state index in [9.17, 15) is 19.5 Å². The molecular weight excluding hydrogens is 344 g/mol. The molecule has 0 saturated heterocycles. The molecule has 0 spiro atoms. The lowest BCUT2D eigenvalue weighted by molar-refractivity contribution is -0.137. The van der Waals surface area contributed by atoms with Crippen molar-refractivity contribution in [3.8, 4) is 0 Å². The fourth-order valence-corrected chi connectivity index (χ4v) is 2.46. The lowest BCUT2D eigenvalue weighted by Crippen LogP contribution is -2.38. The summed E-state index contributed by atoms with van der Waals surface area (Å²) >= 11 is 0. The van der Waals surface area contributed by atoms with E-state index in [1.165, 1.54) is 0 Å². The van der Waals surface area contributed by atoms with Gasteiger partial charge in [0, 0.05) is 18.4 Å². The average Bonchev–Trinajstić information content (AvgIpc) is 2.52. The van der Waals surface area contributed by atoms with Crippen LogP contribution >= 0.6 is 0 Å². The van der Waals surface area contributed by atoms with Gasteiger partial charge in [0.1, 0.15) is 0 Å². The van der Waals surface area contributed by atoms with Gasteiger partial charge in [-0.25, -0.2) is 0 Å². The first-order valence-corrected chi connectivity index (χ1v) is 9.20. The predicted molar refractivity (Wildman–Crippen MR) is 105 cm³/mol. The first kappa shape index (κ1) is 22.7. The second kappa shape index (κ2) is 9.02. The molecule has 3 N–H and O–H groups in total. The number of hydrogen-bond acceptors (Lipinski definition) is 3. The molecule has 0 aliphatic heterocycles. The van der Waals surface area contributed by atoms with E-state index in [-0.39, 0.29) is 36.6 Å². The normalized spacial score (nSPS) is 13.0. The summed E-state index contributed by atoms with van der Waals surface area (Å²) in [4.78, 5) is 35.2. The summed E-state index contributed by atoms with van der Waals surface area (Å²) < 4.78 is 0. The van der Waals surface area contributed by atoms with Crippen LogP contribution in [0.15, 0.2) is 24.3 Å². The monoisotopic (exact) mass is 376 g/mol. The Morgan fingerprint density at radius 1 is 1.00 bits per heavy atom. The van der Waals surface area contributed by atoms with Crippen molar-refractivity contribution < 1.29 is 19.5 Å². The van der Waals surface area contributed by atoms with Gasteiger partial charge in [-0.1, -0.05) is 65.8 Å². The van der Waals surface area contributed by atoms with Crippen LogP contribution in [-0.2, 0) is 19.8 Å². The minimum atomic E-state index is -0.985. The molecular formula is C21H32N2O4. The molecule has 0 aliphatic carbocycles. The zero-order valence-corrected chi connectivity index (χ0v) is 17.2. The Balaban J connectivity index is 2.73. The first-order valence-electron chi connectivity index (χ1n) is 9.20. The highest BCUT2D eigenvalue weighted by Crippen LogP contribution is 2.25. The van der Waals surface area contributed by atoms with E-state index in [2.05, 4.69) is 31.4 Å². The van der Waals surface area contributed by atoms with Crippen molar-refractivity contribution >= 4 is 17.8 Å². The van der Waals surface area contributed by atoms with Crippen molar-refractivity contribution in [3.63, 3.8) is 0 Å². The van der Waals surface area contributed by atoms with Gasteiger partial charge in [0.25, 0.3) is 0 Å². The van der Waals surface area contributed by atoms with Crippen molar-refractivity contribution in [2.24, 2.45) is 5.41 Å². The summed E-state index contributed by atoms with van der Waals surface area (Å²) in [5.74, 6) is -1.41. The zero-order chi connectivity index (χ0) is 20.8. The quantitative estimate of drug-likeness (QED) is 0.681. The largest absolute Gasteiger partial charge is 0.481 e. The topological polar surface area (TPSA) is 95.5 Å². The lowest BCUT2D eigenvalue weighted by Gasteiger charge is -2.22. The molecule has 0 fully saturated rings. The Hall–Kier alpha value is -2.37. The third-order valence-corrected chi connectivity index (χ3v) is 4.21. The van der Waals surface area contributed by atoms with Crippen molar-refractivity contribution in [2.75, 3.05) is 6.54 Å². The summed E-state index contributed by atoms with van der Waals surface area (Å²) in [6.45, 7) is 11.9. The van der Waals surface area contributed by atoms with Gasteiger partial charge in [-0.2, -0.15) is 0 Å². The highest BCUT2D eigenvalue weighted by molar-refractivity contribution is 5.82. The third-order valence-electron chi connectivity index (χ3n) is 4.21. The molecule has 1 atom stereocenters. The van der Waals surface area contributed by atoms with Gasteiger partial charge >= 0.3 is 5.97 Å². The second-order valence-corrected chi connectivity index (χ2v) is 8.85. The van der Waals surface area contributed by atoms with Crippen LogP contribution in [0.4, 0.5) is 0 Å². The molecule has 2 amide bonds. The van der Waals surface area contributed by atoms with Gasteiger partial charge in [-0.3, -0.25) is 14.4 Å². The molecule has 6 nitrogen and oxygen atoms in total. The smallest absolute Gasteiger partial charge is 0.305 e. The number of nitrogens with one attached hydrogen (secondary N) is 2. The number of carbonyl (C=O) groups excluding carboxylic acids is 2. The molecule has 0 heterocycles. The van der Waals surface area contributed by atoms with E-state index in [0.717, 1.165) is 11.1 Å². The fourth-order valence-electron chi connectivity index (χ4n) is 2.46. The fraction of sp³-hybridized carbons (Fsp3) is 0.571. The van der Waals surface area contributed by atoms with Crippen LogP contribution in [0.1, 0.15) is 71.6 Å². The Labute approximate surface area is 161 Å². The molecule has 1 rings (SSSR count). The van der Waals surface area contributed by atoms with Crippen molar-refractivity contribution in [3.05, 3.63) is 35.4 Å². The molecule has 1 unspecified atom stereocenters. The standard InChI is InChI=1S/C21H32N2O4/c1-20(2,3)15-9-7-14(8-10-15)16(13-18(25)26)23-17(24)11-12-22-19(27)21(4,5)6/h7-10,16H,11-13H2,1-6H3,(H,22,27)(H,23,24)(H,25,26). The molecule has 0 radical (unpaired) electrons. The molecule has 0 aliphatic rings. The van der Waals surface area contributed by atoms with E-state index >= 15 is 0 Å². The number of carboxylic acids is 1. The maximum atomic E-state index is 12.2. The maximum absolute atomic E-state index is 12.2. The van der Waals surface area contributed by atoms with Gasteiger partial charge < -0.3 is 15.7 Å². The van der Waals surface area contributed by atoms with Gasteiger partial charge in [0.05, 0.1) is 12.5 Å². The van der Waals surface area contributed by atoms with Crippen LogP contribution in [0.5, 0.6) is 0 Å². The summed E-state index contributed by atoms with van der Waals surface area (Å²) in [7, 11) is 0. The van der Waals surface area contributed by atoms with Crippen LogP contribution in [0.25, 0.3) is 0 Å². The summed E-state index contributed by atoms with van der Waals surface area (Å²) in [6, 6.07) is 7.02. The Morgan fingerprint density at radius 2 is 1.56 bits per heavy atom. The van der Waals surface area contributed by atoms with Crippen molar-refractivity contribution in [1.29, 1.82) is 0 Å². The molecule has 0 saturated carbocycles. The average molecular weight is 376 g/mol. The number of benzene rings is 1. The molecule has 150 valence electrons. The predicted octanol–water partition coefficient (Wildman–Crippen LogP) is 3.17. The molecule has 1 aromatic carbocycles. The highest BCUT2D eigenvalue weighted by atomic mass is 16.4. The Kier molecular flexibility index (Phi) is 7.57. The maximum Gasteiger partial charge on any atom is 0.305 e. The molecule has 0 aromatic heterocycles. The van der Waals surface area contributed by atoms with E-state index in [0.29, 0.717) is 0 Å². The Morgan fingerprint density at radius 3 is 2.00 bits per heavy atom. The van der Waals surface area contributed by atoms with Crippen LogP contribution in [0.2, 0.25) is 0 Å². The number of carboxylic acid groups (broad SMARTS) is 1. The summed E-state index contributed by atoms with van der Waals surface area (Å²) in [5, 5.41) is 14.7. The van der Waals surface area contributed by atoms with Crippen LogP contribution in [0.3, 0.4) is 0 Å². The summed E-state index contributed by atoms with van der Waals surface area (Å²) in [5.41, 5.74) is 1.36. The van der Waals surface area contributed by atoms with E-state index < -0.39 is 17.4 Å². The Bertz CT molecular complexity index is 667. The van der Waals surface area contributed by atoms with Gasteiger partial charge in [-0.15, -0.1) is 0 Å². The number of amides is 2. The van der Waals surface area contributed by atoms with E-state index in [1.807, 2.05) is 24.3 Å². The molecule has 6 heteroatoms. The first-order chi connectivity index (χ1) is 12.3. The highest BCUT2D eigenvalue weighted by Gasteiger charge is 2.22. The SMILES string of the molecule is CC(C)(C)C(=O)NCCC(=O)NC(CC(=O)O)c1ccc(C(C)(C)C)cc1. The lowest BCUT2D eigenvalue weighted by atomic mass is 9.86. The summed E-state index contributed by atoms with van der Waals surface area (Å²) in [6.07, 6.45) is -0.104. The van der Waals surface area contributed by atoms with Gasteiger partial charge in [0.2, 0.25) is 11.8 Å². The van der Waals surface area contributed by atoms with Crippen LogP contribution < -0.4 is 10.6 Å². The molecule has 1 aromatic rings.